The van der Waals surface area contributed by atoms with Crippen molar-refractivity contribution in [2.75, 3.05) is 23.4 Å². The summed E-state index contributed by atoms with van der Waals surface area (Å²) in [6.07, 6.45) is -1.27. The third kappa shape index (κ3) is 5.55. The van der Waals surface area contributed by atoms with E-state index in [4.69, 9.17) is 4.74 Å². The number of anilines is 2. The predicted molar refractivity (Wildman–Crippen MR) is 135 cm³/mol. The molecule has 8 nitrogen and oxygen atoms in total. The van der Waals surface area contributed by atoms with E-state index in [1.54, 1.807) is 25.1 Å². The predicted octanol–water partition coefficient (Wildman–Crippen LogP) is 3.89. The molecule has 0 aromatic heterocycles. The van der Waals surface area contributed by atoms with E-state index in [0.717, 1.165) is 11.1 Å². The van der Waals surface area contributed by atoms with Gasteiger partial charge in [-0.2, -0.15) is 0 Å². The third-order valence-electron chi connectivity index (χ3n) is 5.39. The minimum atomic E-state index is -1.27. The van der Waals surface area contributed by atoms with Crippen molar-refractivity contribution in [1.29, 1.82) is 0 Å². The second-order valence-electron chi connectivity index (χ2n) is 7.96. The molecule has 0 fully saturated rings. The maximum atomic E-state index is 13.6. The van der Waals surface area contributed by atoms with Crippen molar-refractivity contribution in [2.24, 2.45) is 4.99 Å². The number of benzene rings is 3. The minimum Gasteiger partial charge on any atom is -0.465 e. The van der Waals surface area contributed by atoms with Crippen molar-refractivity contribution in [3.05, 3.63) is 95.6 Å². The molecule has 0 radical (unpaired) electrons. The van der Waals surface area contributed by atoms with Gasteiger partial charge in [0.25, 0.3) is 5.91 Å². The third-order valence-corrected chi connectivity index (χ3v) is 5.39. The first kappa shape index (κ1) is 23.7. The van der Waals surface area contributed by atoms with Gasteiger partial charge in [0.2, 0.25) is 6.17 Å². The van der Waals surface area contributed by atoms with E-state index in [1.807, 2.05) is 67.6 Å². The molecule has 178 valence electrons. The van der Waals surface area contributed by atoms with E-state index in [0.29, 0.717) is 22.6 Å². The summed E-state index contributed by atoms with van der Waals surface area (Å²) >= 11 is 0. The van der Waals surface area contributed by atoms with Crippen LogP contribution in [0.25, 0.3) is 0 Å². The van der Waals surface area contributed by atoms with Crippen LogP contribution >= 0.6 is 0 Å². The van der Waals surface area contributed by atoms with Gasteiger partial charge in [-0.05, 0) is 37.6 Å². The lowest BCUT2D eigenvalue weighted by Gasteiger charge is -2.24. The number of benzodiazepines with no additional fused rings is 1. The Morgan fingerprint density at radius 1 is 1.00 bits per heavy atom. The molecule has 1 aliphatic heterocycles. The number of aryl methyl sites for hydroxylation is 1. The van der Waals surface area contributed by atoms with Gasteiger partial charge in [0, 0.05) is 16.8 Å². The highest BCUT2D eigenvalue weighted by molar-refractivity contribution is 6.20. The highest BCUT2D eigenvalue weighted by Crippen LogP contribution is 2.28. The molecule has 4 rings (SSSR count). The quantitative estimate of drug-likeness (QED) is 0.534. The molecule has 0 saturated heterocycles. The largest absolute Gasteiger partial charge is 0.465 e. The van der Waals surface area contributed by atoms with Crippen LogP contribution in [0.5, 0.6) is 0 Å². The summed E-state index contributed by atoms with van der Waals surface area (Å²) in [6, 6.07) is 23.3. The number of nitrogens with one attached hydrogen (secondary N) is 2. The minimum absolute atomic E-state index is 0.189. The Morgan fingerprint density at radius 2 is 1.74 bits per heavy atom. The highest BCUT2D eigenvalue weighted by atomic mass is 16.5. The van der Waals surface area contributed by atoms with E-state index < -0.39 is 24.1 Å². The molecule has 35 heavy (non-hydrogen) atoms. The van der Waals surface area contributed by atoms with Gasteiger partial charge in [0.1, 0.15) is 6.54 Å². The smallest absolute Gasteiger partial charge is 0.326 e. The Kier molecular flexibility index (Phi) is 7.21. The molecule has 2 N–H and O–H groups in total. The SMILES string of the molecule is CCOC(=O)CN1C(=O)C(NC(=O)Nc2cccc(C)c2)N=C(c2ccccc2)c2ccccc21. The van der Waals surface area contributed by atoms with Gasteiger partial charge in [0.05, 0.1) is 18.0 Å². The van der Waals surface area contributed by atoms with Crippen LogP contribution in [0.3, 0.4) is 0 Å². The fraction of sp³-hybridized carbons (Fsp3) is 0.185. The first-order valence-corrected chi connectivity index (χ1v) is 11.3. The number of carbonyl (C=O) groups is 3. The van der Waals surface area contributed by atoms with Crippen molar-refractivity contribution in [3.8, 4) is 0 Å². The Morgan fingerprint density at radius 3 is 2.49 bits per heavy atom. The van der Waals surface area contributed by atoms with Gasteiger partial charge in [-0.1, -0.05) is 60.7 Å². The summed E-state index contributed by atoms with van der Waals surface area (Å²) in [4.78, 5) is 44.8. The lowest BCUT2D eigenvalue weighted by molar-refractivity contribution is -0.142. The molecule has 1 unspecified atom stereocenters. The molecule has 0 spiro atoms. The van der Waals surface area contributed by atoms with Crippen LogP contribution in [-0.4, -0.2) is 42.9 Å². The maximum absolute atomic E-state index is 13.6. The number of aliphatic imine (C=N–C) groups is 1. The van der Waals surface area contributed by atoms with E-state index in [2.05, 4.69) is 15.6 Å². The number of urea groups is 1. The number of hydrogen-bond donors (Lipinski definition) is 2. The number of fused-ring (bicyclic) bond motifs is 1. The molecule has 3 aromatic rings. The molecule has 3 aromatic carbocycles. The van der Waals surface area contributed by atoms with Crippen molar-refractivity contribution in [1.82, 2.24) is 5.32 Å². The molecule has 0 bridgehead atoms. The van der Waals surface area contributed by atoms with E-state index in [9.17, 15) is 14.4 Å². The molecule has 8 heteroatoms. The molecule has 0 saturated carbocycles. The van der Waals surface area contributed by atoms with Crippen LogP contribution in [-0.2, 0) is 14.3 Å². The summed E-state index contributed by atoms with van der Waals surface area (Å²) in [5.41, 5.74) is 4.05. The Bertz CT molecular complexity index is 1270. The maximum Gasteiger partial charge on any atom is 0.326 e. The fourth-order valence-corrected chi connectivity index (χ4v) is 3.86. The Labute approximate surface area is 203 Å². The number of amides is 3. The second kappa shape index (κ2) is 10.6. The molecular weight excluding hydrogens is 444 g/mol. The first-order valence-electron chi connectivity index (χ1n) is 11.3. The van der Waals surface area contributed by atoms with Crippen molar-refractivity contribution >= 4 is 35.0 Å². The zero-order chi connectivity index (χ0) is 24.8. The van der Waals surface area contributed by atoms with Gasteiger partial charge in [-0.3, -0.25) is 14.5 Å². The highest BCUT2D eigenvalue weighted by Gasteiger charge is 2.34. The number of ether oxygens (including phenoxy) is 1. The van der Waals surface area contributed by atoms with Crippen LogP contribution in [0.15, 0.2) is 83.9 Å². The molecule has 0 aliphatic carbocycles. The van der Waals surface area contributed by atoms with Gasteiger partial charge < -0.3 is 15.4 Å². The van der Waals surface area contributed by atoms with E-state index in [-0.39, 0.29) is 13.2 Å². The first-order chi connectivity index (χ1) is 17.0. The van der Waals surface area contributed by atoms with Crippen LogP contribution in [0.4, 0.5) is 16.2 Å². The number of para-hydroxylation sites is 1. The Balaban J connectivity index is 1.73. The van der Waals surface area contributed by atoms with Gasteiger partial charge >= 0.3 is 12.0 Å². The van der Waals surface area contributed by atoms with Crippen LogP contribution in [0, 0.1) is 6.92 Å². The molecule has 1 atom stereocenters. The number of hydrogen-bond acceptors (Lipinski definition) is 5. The van der Waals surface area contributed by atoms with Gasteiger partial charge in [-0.15, -0.1) is 0 Å². The molecule has 1 aliphatic rings. The summed E-state index contributed by atoms with van der Waals surface area (Å²) < 4.78 is 5.10. The van der Waals surface area contributed by atoms with Crippen LogP contribution in [0.1, 0.15) is 23.6 Å². The topological polar surface area (TPSA) is 100 Å². The van der Waals surface area contributed by atoms with Crippen molar-refractivity contribution in [2.45, 2.75) is 20.0 Å². The number of esters is 1. The average molecular weight is 471 g/mol. The Hall–Kier alpha value is -4.46. The number of rotatable bonds is 6. The fourth-order valence-electron chi connectivity index (χ4n) is 3.86. The van der Waals surface area contributed by atoms with E-state index >= 15 is 0 Å². The standard InChI is InChI=1S/C27H26N4O4/c1-3-35-23(32)17-31-22-15-8-7-14-21(22)24(19-11-5-4-6-12-19)29-25(26(31)33)30-27(34)28-20-13-9-10-18(2)16-20/h4-16,25H,3,17H2,1-2H3,(H2,28,30,34). The number of carbonyl (C=O) groups excluding carboxylic acids is 3. The normalized spacial score (nSPS) is 14.9. The summed E-state index contributed by atoms with van der Waals surface area (Å²) in [7, 11) is 0. The summed E-state index contributed by atoms with van der Waals surface area (Å²) in [5.74, 6) is -1.10. The lowest BCUT2D eigenvalue weighted by atomic mass is 10.0. The number of nitrogens with zero attached hydrogens (tertiary/aromatic N) is 2. The second-order valence-corrected chi connectivity index (χ2v) is 7.96. The zero-order valence-electron chi connectivity index (χ0n) is 19.5. The molecule has 1 heterocycles. The molecular formula is C27H26N4O4. The summed E-state index contributed by atoms with van der Waals surface area (Å²) in [6.45, 7) is 3.50. The van der Waals surface area contributed by atoms with Gasteiger partial charge in [-0.25, -0.2) is 9.79 Å². The van der Waals surface area contributed by atoms with Crippen molar-refractivity contribution in [3.63, 3.8) is 0 Å². The lowest BCUT2D eigenvalue weighted by Crippen LogP contribution is -2.50. The van der Waals surface area contributed by atoms with E-state index in [1.165, 1.54) is 4.90 Å². The van der Waals surface area contributed by atoms with Crippen LogP contribution < -0.4 is 15.5 Å². The van der Waals surface area contributed by atoms with Crippen LogP contribution in [0.2, 0.25) is 0 Å². The monoisotopic (exact) mass is 470 g/mol. The van der Waals surface area contributed by atoms with Crippen molar-refractivity contribution < 1.29 is 19.1 Å². The summed E-state index contributed by atoms with van der Waals surface area (Å²) in [5, 5.41) is 5.41. The average Bonchev–Trinajstić information content (AvgIpc) is 2.95. The molecule has 3 amide bonds. The van der Waals surface area contributed by atoms with Gasteiger partial charge in [0.15, 0.2) is 0 Å². The zero-order valence-corrected chi connectivity index (χ0v) is 19.5.